The van der Waals surface area contributed by atoms with Gasteiger partial charge in [-0.3, -0.25) is 9.69 Å². The smallest absolute Gasteiger partial charge is 0.266 e. The third kappa shape index (κ3) is 5.44. The van der Waals surface area contributed by atoms with Crippen molar-refractivity contribution >= 4 is 46.3 Å². The van der Waals surface area contributed by atoms with E-state index >= 15 is 0 Å². The highest BCUT2D eigenvalue weighted by Gasteiger charge is 2.31. The summed E-state index contributed by atoms with van der Waals surface area (Å²) < 4.78 is 11.3. The van der Waals surface area contributed by atoms with Gasteiger partial charge in [-0.15, -0.1) is 0 Å². The lowest BCUT2D eigenvalue weighted by Crippen LogP contribution is -2.31. The standard InChI is InChI=1S/C21H19NO5S2/c1-26-11-10-22-19(23)18(29-21(22)28)12-14-4-8-17(9-5-14)27-13-15-2-6-16(7-3-15)20(24)25/h2-9,12H,10-11,13H2,1H3,(H,24,25)/p-1/b18-12-. The van der Waals surface area contributed by atoms with Crippen LogP contribution < -0.4 is 9.84 Å². The van der Waals surface area contributed by atoms with Crippen LogP contribution in [0.3, 0.4) is 0 Å². The molecule has 0 spiro atoms. The molecule has 150 valence electrons. The molecule has 6 nitrogen and oxygen atoms in total. The first kappa shape index (κ1) is 21.0. The fourth-order valence-corrected chi connectivity index (χ4v) is 3.90. The molecule has 1 aliphatic rings. The molecule has 2 aromatic rings. The zero-order valence-corrected chi connectivity index (χ0v) is 17.3. The number of hydrogen-bond donors (Lipinski definition) is 0. The van der Waals surface area contributed by atoms with Crippen LogP contribution in [0.15, 0.2) is 53.4 Å². The zero-order valence-electron chi connectivity index (χ0n) is 15.6. The normalized spacial score (nSPS) is 15.2. The Balaban J connectivity index is 1.60. The van der Waals surface area contributed by atoms with Crippen molar-refractivity contribution < 1.29 is 24.2 Å². The van der Waals surface area contributed by atoms with Crippen molar-refractivity contribution in [3.63, 3.8) is 0 Å². The van der Waals surface area contributed by atoms with Crippen LogP contribution in [0.1, 0.15) is 21.5 Å². The first-order valence-electron chi connectivity index (χ1n) is 8.75. The first-order valence-corrected chi connectivity index (χ1v) is 9.98. The van der Waals surface area contributed by atoms with Crippen LogP contribution in [-0.2, 0) is 16.1 Å². The molecular weight excluding hydrogens is 410 g/mol. The van der Waals surface area contributed by atoms with Gasteiger partial charge in [-0.05, 0) is 34.9 Å². The molecule has 0 aromatic heterocycles. The molecule has 1 aliphatic heterocycles. The third-order valence-electron chi connectivity index (χ3n) is 4.17. The number of amides is 1. The van der Waals surface area contributed by atoms with E-state index in [4.69, 9.17) is 21.7 Å². The Bertz CT molecular complexity index is 939. The molecule has 1 heterocycles. The van der Waals surface area contributed by atoms with Crippen LogP contribution >= 0.6 is 24.0 Å². The minimum Gasteiger partial charge on any atom is -0.545 e. The van der Waals surface area contributed by atoms with Crippen molar-refractivity contribution in [3.8, 4) is 5.75 Å². The van der Waals surface area contributed by atoms with Gasteiger partial charge < -0.3 is 19.4 Å². The highest BCUT2D eigenvalue weighted by molar-refractivity contribution is 8.26. The number of methoxy groups -OCH3 is 1. The first-order chi connectivity index (χ1) is 14.0. The summed E-state index contributed by atoms with van der Waals surface area (Å²) in [6.45, 7) is 1.18. The number of benzene rings is 2. The van der Waals surface area contributed by atoms with E-state index in [1.165, 1.54) is 23.9 Å². The maximum absolute atomic E-state index is 12.4. The maximum Gasteiger partial charge on any atom is 0.266 e. The average molecular weight is 429 g/mol. The van der Waals surface area contributed by atoms with Gasteiger partial charge >= 0.3 is 0 Å². The van der Waals surface area contributed by atoms with E-state index in [1.807, 2.05) is 24.3 Å². The quantitative estimate of drug-likeness (QED) is 0.472. The average Bonchev–Trinajstić information content (AvgIpc) is 2.98. The summed E-state index contributed by atoms with van der Waals surface area (Å²) in [7, 11) is 1.58. The second-order valence-electron chi connectivity index (χ2n) is 6.17. The molecular formula is C21H18NO5S2-. The van der Waals surface area contributed by atoms with Crippen molar-refractivity contribution in [1.29, 1.82) is 0 Å². The number of aromatic carboxylic acids is 1. The number of nitrogens with zero attached hydrogens (tertiary/aromatic N) is 1. The van der Waals surface area contributed by atoms with Crippen molar-refractivity contribution in [2.75, 3.05) is 20.3 Å². The number of thioether (sulfide) groups is 1. The summed E-state index contributed by atoms with van der Waals surface area (Å²) in [5, 5.41) is 10.8. The summed E-state index contributed by atoms with van der Waals surface area (Å²) in [5.74, 6) is -0.653. The molecule has 0 radical (unpaired) electrons. The number of hydrogen-bond acceptors (Lipinski definition) is 7. The van der Waals surface area contributed by atoms with Gasteiger partial charge in [0.25, 0.3) is 5.91 Å². The fourth-order valence-electron chi connectivity index (χ4n) is 2.59. The second-order valence-corrected chi connectivity index (χ2v) is 7.84. The Kier molecular flexibility index (Phi) is 7.03. The maximum atomic E-state index is 12.4. The molecule has 1 amide bonds. The molecule has 0 atom stereocenters. The van der Waals surface area contributed by atoms with E-state index in [0.29, 0.717) is 34.7 Å². The van der Waals surface area contributed by atoms with Crippen LogP contribution in [0.4, 0.5) is 0 Å². The van der Waals surface area contributed by atoms with E-state index < -0.39 is 5.97 Å². The minimum atomic E-state index is -1.20. The predicted molar refractivity (Wildman–Crippen MR) is 113 cm³/mol. The number of thiocarbonyl (C=S) groups is 1. The van der Waals surface area contributed by atoms with Crippen LogP contribution in [-0.4, -0.2) is 41.4 Å². The van der Waals surface area contributed by atoms with Crippen molar-refractivity contribution in [2.45, 2.75) is 6.61 Å². The second kappa shape index (κ2) is 9.69. The Morgan fingerprint density at radius 3 is 2.48 bits per heavy atom. The molecule has 0 saturated carbocycles. The molecule has 0 aliphatic carbocycles. The van der Waals surface area contributed by atoms with Crippen molar-refractivity contribution in [2.24, 2.45) is 0 Å². The van der Waals surface area contributed by atoms with E-state index in [2.05, 4.69) is 0 Å². The zero-order chi connectivity index (χ0) is 20.8. The molecule has 2 aromatic carbocycles. The van der Waals surface area contributed by atoms with Crippen LogP contribution in [0.2, 0.25) is 0 Å². The lowest BCUT2D eigenvalue weighted by Gasteiger charge is -2.12. The number of carbonyl (C=O) groups excluding carboxylic acids is 2. The van der Waals surface area contributed by atoms with Crippen molar-refractivity contribution in [1.82, 2.24) is 4.90 Å². The Labute approximate surface area is 178 Å². The van der Waals surface area contributed by atoms with Gasteiger partial charge in [0.2, 0.25) is 0 Å². The molecule has 3 rings (SSSR count). The summed E-state index contributed by atoms with van der Waals surface area (Å²) >= 11 is 6.54. The molecule has 1 fully saturated rings. The monoisotopic (exact) mass is 428 g/mol. The van der Waals surface area contributed by atoms with E-state index in [9.17, 15) is 14.7 Å². The Morgan fingerprint density at radius 2 is 1.86 bits per heavy atom. The summed E-state index contributed by atoms with van der Waals surface area (Å²) in [6.07, 6.45) is 1.80. The summed E-state index contributed by atoms with van der Waals surface area (Å²) in [6, 6.07) is 13.7. The SMILES string of the molecule is COCCN1C(=O)/C(=C/c2ccc(OCc3ccc(C(=O)[O-])cc3)cc2)SC1=S. The van der Waals surface area contributed by atoms with E-state index in [1.54, 1.807) is 30.2 Å². The van der Waals surface area contributed by atoms with Gasteiger partial charge in [0.15, 0.2) is 0 Å². The predicted octanol–water partition coefficient (Wildman–Crippen LogP) is 2.48. The minimum absolute atomic E-state index is 0.114. The molecule has 0 bridgehead atoms. The van der Waals surface area contributed by atoms with Crippen molar-refractivity contribution in [3.05, 3.63) is 70.1 Å². The molecule has 1 saturated heterocycles. The van der Waals surface area contributed by atoms with Crippen LogP contribution in [0, 0.1) is 0 Å². The van der Waals surface area contributed by atoms with E-state index in [0.717, 1.165) is 11.1 Å². The molecule has 0 N–H and O–H groups in total. The number of rotatable bonds is 8. The third-order valence-corrected chi connectivity index (χ3v) is 5.54. The van der Waals surface area contributed by atoms with E-state index in [-0.39, 0.29) is 11.5 Å². The Hall–Kier alpha value is -2.68. The molecule has 0 unspecified atom stereocenters. The van der Waals surface area contributed by atoms with Gasteiger partial charge in [-0.25, -0.2) is 0 Å². The van der Waals surface area contributed by atoms with Gasteiger partial charge in [-0.1, -0.05) is 60.4 Å². The van der Waals surface area contributed by atoms with Gasteiger partial charge in [0, 0.05) is 7.11 Å². The summed E-state index contributed by atoms with van der Waals surface area (Å²) in [4.78, 5) is 25.3. The lowest BCUT2D eigenvalue weighted by atomic mass is 10.1. The molecule has 8 heteroatoms. The fraction of sp³-hybridized carbons (Fsp3) is 0.190. The van der Waals surface area contributed by atoms with Gasteiger partial charge in [0.1, 0.15) is 16.7 Å². The topological polar surface area (TPSA) is 78.9 Å². The lowest BCUT2D eigenvalue weighted by molar-refractivity contribution is -0.255. The number of carboxylic acids is 1. The molecule has 29 heavy (non-hydrogen) atoms. The number of carbonyl (C=O) groups is 2. The summed E-state index contributed by atoms with van der Waals surface area (Å²) in [5.41, 5.74) is 1.84. The van der Waals surface area contributed by atoms with Crippen LogP contribution in [0.25, 0.3) is 6.08 Å². The highest BCUT2D eigenvalue weighted by atomic mass is 32.2. The Morgan fingerprint density at radius 1 is 1.17 bits per heavy atom. The van der Waals surface area contributed by atoms with Crippen LogP contribution in [0.5, 0.6) is 5.75 Å². The van der Waals surface area contributed by atoms with Gasteiger partial charge in [0.05, 0.1) is 24.0 Å². The number of carboxylic acid groups (broad SMARTS) is 1. The van der Waals surface area contributed by atoms with Gasteiger partial charge in [-0.2, -0.15) is 0 Å². The highest BCUT2D eigenvalue weighted by Crippen LogP contribution is 2.32. The largest absolute Gasteiger partial charge is 0.545 e. The number of ether oxygens (including phenoxy) is 2.